The first-order chi connectivity index (χ1) is 16.0. The summed E-state index contributed by atoms with van der Waals surface area (Å²) >= 11 is 0. The fourth-order valence-corrected chi connectivity index (χ4v) is 3.85. The van der Waals surface area contributed by atoms with Gasteiger partial charge in [-0.05, 0) is 37.1 Å². The molecule has 8 nitrogen and oxygen atoms in total. The number of amides is 2. The van der Waals surface area contributed by atoms with Gasteiger partial charge in [-0.1, -0.05) is 35.5 Å². The molecule has 2 amide bonds. The van der Waals surface area contributed by atoms with Crippen molar-refractivity contribution in [3.8, 4) is 17.1 Å². The number of benzene rings is 2. The highest BCUT2D eigenvalue weighted by Gasteiger charge is 2.35. The maximum Gasteiger partial charge on any atom is 0.322 e. The Morgan fingerprint density at radius 3 is 2.67 bits per heavy atom. The number of urea groups is 1. The number of ether oxygens (including phenoxy) is 2. The first-order valence-corrected chi connectivity index (χ1v) is 10.5. The molecule has 1 atom stereocenters. The van der Waals surface area contributed by atoms with Crippen molar-refractivity contribution in [3.63, 3.8) is 0 Å². The van der Waals surface area contributed by atoms with Crippen LogP contribution in [0.1, 0.15) is 30.8 Å². The number of aromatic nitrogens is 2. The summed E-state index contributed by atoms with van der Waals surface area (Å²) in [6.45, 7) is 2.86. The van der Waals surface area contributed by atoms with Crippen molar-refractivity contribution in [2.45, 2.75) is 19.4 Å². The number of allylic oxidation sites excluding steroid dienone is 1. The van der Waals surface area contributed by atoms with E-state index in [2.05, 4.69) is 15.5 Å². The summed E-state index contributed by atoms with van der Waals surface area (Å²) in [4.78, 5) is 19.1. The largest absolute Gasteiger partial charge is 0.494 e. The SMILES string of the molecule is COCCCN1C(=O)NC(c2ccccc2)C(c2nc(-c3ccc(OC)c(F)c3)no2)=C1C. The molecule has 0 saturated carbocycles. The monoisotopic (exact) mass is 452 g/mol. The molecule has 0 saturated heterocycles. The van der Waals surface area contributed by atoms with Gasteiger partial charge in [-0.25, -0.2) is 9.18 Å². The summed E-state index contributed by atoms with van der Waals surface area (Å²) in [5, 5.41) is 7.11. The van der Waals surface area contributed by atoms with Gasteiger partial charge in [0.15, 0.2) is 11.6 Å². The Balaban J connectivity index is 1.75. The molecule has 0 fully saturated rings. The van der Waals surface area contributed by atoms with E-state index in [4.69, 9.17) is 14.0 Å². The van der Waals surface area contributed by atoms with Crippen molar-refractivity contribution in [1.29, 1.82) is 0 Å². The number of nitrogens with zero attached hydrogens (tertiary/aromatic N) is 3. The van der Waals surface area contributed by atoms with Crippen molar-refractivity contribution in [2.24, 2.45) is 0 Å². The molecule has 0 spiro atoms. The second-order valence-corrected chi connectivity index (χ2v) is 7.56. The molecule has 1 aliphatic rings. The molecule has 0 bridgehead atoms. The van der Waals surface area contributed by atoms with Gasteiger partial charge in [-0.3, -0.25) is 4.90 Å². The molecule has 1 unspecified atom stereocenters. The minimum Gasteiger partial charge on any atom is -0.494 e. The highest BCUT2D eigenvalue weighted by molar-refractivity contribution is 5.86. The van der Waals surface area contributed by atoms with E-state index >= 15 is 0 Å². The minimum atomic E-state index is -0.520. The number of methoxy groups -OCH3 is 2. The lowest BCUT2D eigenvalue weighted by Gasteiger charge is -2.35. The van der Waals surface area contributed by atoms with Crippen LogP contribution in [0.3, 0.4) is 0 Å². The van der Waals surface area contributed by atoms with Gasteiger partial charge in [0.1, 0.15) is 0 Å². The van der Waals surface area contributed by atoms with E-state index in [1.165, 1.54) is 19.2 Å². The lowest BCUT2D eigenvalue weighted by atomic mass is 9.94. The van der Waals surface area contributed by atoms with E-state index < -0.39 is 11.9 Å². The number of nitrogens with one attached hydrogen (secondary N) is 1. The van der Waals surface area contributed by atoms with Crippen molar-refractivity contribution in [1.82, 2.24) is 20.4 Å². The molecule has 1 aromatic heterocycles. The average Bonchev–Trinajstić information content (AvgIpc) is 3.31. The quantitative estimate of drug-likeness (QED) is 0.509. The van der Waals surface area contributed by atoms with E-state index in [0.29, 0.717) is 36.4 Å². The Morgan fingerprint density at radius 2 is 1.97 bits per heavy atom. The van der Waals surface area contributed by atoms with Crippen molar-refractivity contribution in [3.05, 3.63) is 71.5 Å². The Kier molecular flexibility index (Phi) is 6.69. The molecule has 33 heavy (non-hydrogen) atoms. The topological polar surface area (TPSA) is 89.7 Å². The molecule has 1 N–H and O–H groups in total. The minimum absolute atomic E-state index is 0.131. The first-order valence-electron chi connectivity index (χ1n) is 10.5. The molecule has 0 aliphatic carbocycles. The zero-order valence-electron chi connectivity index (χ0n) is 18.7. The van der Waals surface area contributed by atoms with Gasteiger partial charge in [-0.2, -0.15) is 4.98 Å². The lowest BCUT2D eigenvalue weighted by molar-refractivity contribution is 0.174. The van der Waals surface area contributed by atoms with Gasteiger partial charge in [0, 0.05) is 31.5 Å². The molecular weight excluding hydrogens is 427 g/mol. The summed E-state index contributed by atoms with van der Waals surface area (Å²) < 4.78 is 29.9. The van der Waals surface area contributed by atoms with Crippen LogP contribution in [-0.4, -0.2) is 48.4 Å². The average molecular weight is 452 g/mol. The van der Waals surface area contributed by atoms with Crippen LogP contribution in [0.5, 0.6) is 5.75 Å². The predicted molar refractivity (Wildman–Crippen MR) is 120 cm³/mol. The standard InChI is InChI=1S/C24H25FN4O4/c1-15-20(23-27-22(28-33-23)17-10-11-19(32-3)18(25)14-17)21(16-8-5-4-6-9-16)26-24(30)29(15)12-7-13-31-2/h4-6,8-11,14,21H,7,12-13H2,1-3H3,(H,26,30). The highest BCUT2D eigenvalue weighted by atomic mass is 19.1. The summed E-state index contributed by atoms with van der Waals surface area (Å²) in [6, 6.07) is 13.3. The van der Waals surface area contributed by atoms with E-state index in [1.807, 2.05) is 37.3 Å². The van der Waals surface area contributed by atoms with Crippen LogP contribution in [0, 0.1) is 5.82 Å². The fraction of sp³-hybridized carbons (Fsp3) is 0.292. The van der Waals surface area contributed by atoms with E-state index in [9.17, 15) is 9.18 Å². The first kappa shape index (κ1) is 22.5. The smallest absolute Gasteiger partial charge is 0.322 e. The van der Waals surface area contributed by atoms with E-state index in [-0.39, 0.29) is 23.5 Å². The third kappa shape index (κ3) is 4.58. The molecule has 0 radical (unpaired) electrons. The number of rotatable bonds is 8. The Labute approximate surface area is 191 Å². The molecule has 4 rings (SSSR count). The summed E-state index contributed by atoms with van der Waals surface area (Å²) in [6.07, 6.45) is 0.671. The van der Waals surface area contributed by atoms with Gasteiger partial charge in [0.2, 0.25) is 5.82 Å². The van der Waals surface area contributed by atoms with Crippen LogP contribution in [0.15, 0.2) is 58.8 Å². The van der Waals surface area contributed by atoms with Gasteiger partial charge in [0.05, 0.1) is 18.7 Å². The van der Waals surface area contributed by atoms with Crippen LogP contribution >= 0.6 is 0 Å². The summed E-state index contributed by atoms with van der Waals surface area (Å²) in [5.41, 5.74) is 2.73. The predicted octanol–water partition coefficient (Wildman–Crippen LogP) is 4.42. The Morgan fingerprint density at radius 1 is 1.18 bits per heavy atom. The van der Waals surface area contributed by atoms with E-state index in [0.717, 1.165) is 5.56 Å². The van der Waals surface area contributed by atoms with Crippen molar-refractivity contribution >= 4 is 11.6 Å². The maximum absolute atomic E-state index is 14.2. The van der Waals surface area contributed by atoms with Gasteiger partial charge < -0.3 is 19.3 Å². The molecule has 172 valence electrons. The normalized spacial score (nSPS) is 16.2. The molecule has 2 heterocycles. The molecule has 3 aromatic rings. The van der Waals surface area contributed by atoms with Crippen LogP contribution < -0.4 is 10.1 Å². The lowest BCUT2D eigenvalue weighted by Crippen LogP contribution is -2.46. The van der Waals surface area contributed by atoms with E-state index in [1.54, 1.807) is 18.1 Å². The summed E-state index contributed by atoms with van der Waals surface area (Å²) in [5.74, 6) is 0.103. The van der Waals surface area contributed by atoms with Crippen LogP contribution in [-0.2, 0) is 4.74 Å². The number of carbonyl (C=O) groups excluding carboxylic acids is 1. The van der Waals surface area contributed by atoms with Gasteiger partial charge in [0.25, 0.3) is 5.89 Å². The number of carbonyl (C=O) groups is 1. The van der Waals surface area contributed by atoms with Crippen molar-refractivity contribution < 1.29 is 23.2 Å². The van der Waals surface area contributed by atoms with Crippen LogP contribution in [0.4, 0.5) is 9.18 Å². The third-order valence-electron chi connectivity index (χ3n) is 5.53. The molecular formula is C24H25FN4O4. The zero-order chi connectivity index (χ0) is 23.4. The van der Waals surface area contributed by atoms with Crippen LogP contribution in [0.25, 0.3) is 17.0 Å². The van der Waals surface area contributed by atoms with Crippen molar-refractivity contribution in [2.75, 3.05) is 27.4 Å². The Bertz CT molecular complexity index is 1160. The number of hydrogen-bond donors (Lipinski definition) is 1. The third-order valence-corrected chi connectivity index (χ3v) is 5.53. The molecule has 1 aliphatic heterocycles. The summed E-state index contributed by atoms with van der Waals surface area (Å²) in [7, 11) is 3.02. The van der Waals surface area contributed by atoms with Crippen LogP contribution in [0.2, 0.25) is 0 Å². The maximum atomic E-state index is 14.2. The van der Waals surface area contributed by atoms with Gasteiger partial charge in [-0.15, -0.1) is 0 Å². The fourth-order valence-electron chi connectivity index (χ4n) is 3.85. The molecule has 9 heteroatoms. The second-order valence-electron chi connectivity index (χ2n) is 7.56. The molecule has 2 aromatic carbocycles. The Hall–Kier alpha value is -3.72. The zero-order valence-corrected chi connectivity index (χ0v) is 18.7. The highest BCUT2D eigenvalue weighted by Crippen LogP contribution is 2.37. The van der Waals surface area contributed by atoms with Gasteiger partial charge >= 0.3 is 6.03 Å². The number of hydrogen-bond acceptors (Lipinski definition) is 6. The second kappa shape index (κ2) is 9.83. The number of halogens is 1.